The first-order valence-corrected chi connectivity index (χ1v) is 8.78. The third-order valence-corrected chi connectivity index (χ3v) is 5.47. The average molecular weight is 358 g/mol. The molecule has 1 aliphatic rings. The van der Waals surface area contributed by atoms with E-state index in [2.05, 4.69) is 5.32 Å². The molecule has 0 aliphatic carbocycles. The van der Waals surface area contributed by atoms with Crippen molar-refractivity contribution >= 4 is 34.1 Å². The van der Waals surface area contributed by atoms with E-state index < -0.39 is 11.7 Å². The molecule has 1 aromatic carbocycles. The molecule has 2 amide bonds. The van der Waals surface area contributed by atoms with Crippen molar-refractivity contribution in [1.29, 1.82) is 0 Å². The number of halogens is 3. The van der Waals surface area contributed by atoms with E-state index in [0.717, 1.165) is 22.9 Å². The van der Waals surface area contributed by atoms with Crippen molar-refractivity contribution in [2.45, 2.75) is 11.6 Å². The van der Waals surface area contributed by atoms with E-state index in [0.29, 0.717) is 12.1 Å². The van der Waals surface area contributed by atoms with Gasteiger partial charge in [0.15, 0.2) is 0 Å². The predicted molar refractivity (Wildman–Crippen MR) is 86.7 cm³/mol. The summed E-state index contributed by atoms with van der Waals surface area (Å²) >= 11 is 2.97. The monoisotopic (exact) mass is 358 g/mol. The summed E-state index contributed by atoms with van der Waals surface area (Å²) in [5.41, 5.74) is 0.0145. The Hall–Kier alpha value is -1.67. The van der Waals surface area contributed by atoms with Crippen LogP contribution in [-0.4, -0.2) is 23.2 Å². The minimum absolute atomic E-state index is 0.234. The van der Waals surface area contributed by atoms with Gasteiger partial charge in [0.2, 0.25) is 0 Å². The van der Waals surface area contributed by atoms with Crippen LogP contribution in [0.4, 0.5) is 23.0 Å². The summed E-state index contributed by atoms with van der Waals surface area (Å²) in [5, 5.41) is 5.16. The van der Waals surface area contributed by atoms with Crippen molar-refractivity contribution in [2.75, 3.05) is 17.6 Å². The van der Waals surface area contributed by atoms with Crippen LogP contribution in [-0.2, 0) is 6.18 Å². The van der Waals surface area contributed by atoms with Gasteiger partial charge >= 0.3 is 12.2 Å². The molecular weight excluding hydrogens is 345 g/mol. The lowest BCUT2D eigenvalue weighted by Crippen LogP contribution is -2.34. The van der Waals surface area contributed by atoms with Crippen molar-refractivity contribution in [3.05, 3.63) is 52.9 Å². The van der Waals surface area contributed by atoms with Gasteiger partial charge in [0.25, 0.3) is 0 Å². The second-order valence-electron chi connectivity index (χ2n) is 4.94. The van der Waals surface area contributed by atoms with Crippen molar-refractivity contribution in [3.8, 4) is 0 Å². The second kappa shape index (κ2) is 6.45. The van der Waals surface area contributed by atoms with Crippen molar-refractivity contribution < 1.29 is 18.0 Å². The molecule has 3 rings (SSSR count). The molecule has 1 aromatic heterocycles. The van der Waals surface area contributed by atoms with Crippen LogP contribution in [0.25, 0.3) is 0 Å². The Balaban J connectivity index is 1.74. The summed E-state index contributed by atoms with van der Waals surface area (Å²) in [6.07, 6.45) is -4.35. The van der Waals surface area contributed by atoms with E-state index in [1.807, 2.05) is 11.4 Å². The molecule has 1 fully saturated rings. The number of rotatable bonds is 2. The quantitative estimate of drug-likeness (QED) is 0.815. The van der Waals surface area contributed by atoms with Gasteiger partial charge in [-0.3, -0.25) is 5.32 Å². The fourth-order valence-corrected chi connectivity index (χ4v) is 4.18. The Morgan fingerprint density at radius 2 is 1.96 bits per heavy atom. The van der Waals surface area contributed by atoms with Crippen LogP contribution in [0, 0.1) is 0 Å². The van der Waals surface area contributed by atoms with Gasteiger partial charge in [0, 0.05) is 12.3 Å². The maximum atomic E-state index is 12.6. The minimum Gasteiger partial charge on any atom is -0.308 e. The second-order valence-corrected chi connectivity index (χ2v) is 7.08. The zero-order chi connectivity index (χ0) is 16.4. The largest absolute Gasteiger partial charge is 0.416 e. The summed E-state index contributed by atoms with van der Waals surface area (Å²) < 4.78 is 37.9. The van der Waals surface area contributed by atoms with Gasteiger partial charge in [-0.1, -0.05) is 12.1 Å². The van der Waals surface area contributed by atoms with Crippen LogP contribution in [0.1, 0.15) is 16.5 Å². The van der Waals surface area contributed by atoms with E-state index in [4.69, 9.17) is 0 Å². The predicted octanol–water partition coefficient (Wildman–Crippen LogP) is 5.05. The van der Waals surface area contributed by atoms with Crippen molar-refractivity contribution in [3.63, 3.8) is 0 Å². The number of carbonyl (C=O) groups excluding carboxylic acids is 1. The lowest BCUT2D eigenvalue weighted by Gasteiger charge is -2.24. The Morgan fingerprint density at radius 3 is 2.57 bits per heavy atom. The lowest BCUT2D eigenvalue weighted by atomic mass is 10.1. The van der Waals surface area contributed by atoms with Gasteiger partial charge in [0.1, 0.15) is 5.37 Å². The van der Waals surface area contributed by atoms with Gasteiger partial charge in [-0.05, 0) is 35.2 Å². The van der Waals surface area contributed by atoms with E-state index in [1.165, 1.54) is 23.5 Å². The smallest absolute Gasteiger partial charge is 0.308 e. The normalized spacial score (nSPS) is 18.2. The molecule has 0 radical (unpaired) electrons. The molecule has 23 heavy (non-hydrogen) atoms. The summed E-state index contributed by atoms with van der Waals surface area (Å²) in [5.74, 6) is 0.754. The van der Waals surface area contributed by atoms with Crippen molar-refractivity contribution in [1.82, 2.24) is 4.90 Å². The first-order valence-electron chi connectivity index (χ1n) is 6.85. The van der Waals surface area contributed by atoms with Crippen LogP contribution in [0.3, 0.4) is 0 Å². The molecule has 0 unspecified atom stereocenters. The van der Waals surface area contributed by atoms with Crippen LogP contribution >= 0.6 is 23.1 Å². The standard InChI is InChI=1S/C15H13F3N2OS2/c16-15(17,18)11-5-3-10(4-6-11)13-20(7-9-23-13)14(21)19-12-2-1-8-22-12/h1-6,8,13H,7,9H2,(H,19,21)/t13-/m0/s1. The van der Waals surface area contributed by atoms with Crippen LogP contribution < -0.4 is 5.32 Å². The van der Waals surface area contributed by atoms with Crippen LogP contribution in [0.5, 0.6) is 0 Å². The Morgan fingerprint density at radius 1 is 1.22 bits per heavy atom. The third-order valence-electron chi connectivity index (χ3n) is 3.43. The van der Waals surface area contributed by atoms with Gasteiger partial charge in [-0.15, -0.1) is 23.1 Å². The maximum Gasteiger partial charge on any atom is 0.416 e. The van der Waals surface area contributed by atoms with E-state index in [1.54, 1.807) is 22.7 Å². The molecule has 0 saturated carbocycles. The topological polar surface area (TPSA) is 32.3 Å². The number of nitrogens with zero attached hydrogens (tertiary/aromatic N) is 1. The molecule has 1 saturated heterocycles. The molecule has 1 atom stereocenters. The van der Waals surface area contributed by atoms with E-state index in [-0.39, 0.29) is 11.4 Å². The summed E-state index contributed by atoms with van der Waals surface area (Å²) in [4.78, 5) is 14.0. The number of benzene rings is 1. The highest BCUT2D eigenvalue weighted by Crippen LogP contribution is 2.39. The SMILES string of the molecule is O=C(Nc1cccs1)N1CCS[C@H]1c1ccc(C(F)(F)F)cc1. The number of thiophene rings is 1. The molecular formula is C15H13F3N2OS2. The van der Waals surface area contributed by atoms with Gasteiger partial charge < -0.3 is 4.90 Å². The molecule has 2 aromatic rings. The van der Waals surface area contributed by atoms with Gasteiger partial charge in [0.05, 0.1) is 10.6 Å². The number of nitrogens with one attached hydrogen (secondary N) is 1. The maximum absolute atomic E-state index is 12.6. The summed E-state index contributed by atoms with van der Waals surface area (Å²) in [6, 6.07) is 8.41. The number of alkyl halides is 3. The molecule has 0 bridgehead atoms. The first-order chi connectivity index (χ1) is 10.9. The Labute approximate surface area is 139 Å². The molecule has 1 N–H and O–H groups in total. The summed E-state index contributed by atoms with van der Waals surface area (Å²) in [6.45, 7) is 0.563. The number of amides is 2. The first kappa shape index (κ1) is 16.2. The lowest BCUT2D eigenvalue weighted by molar-refractivity contribution is -0.137. The number of carbonyl (C=O) groups is 1. The number of hydrogen-bond acceptors (Lipinski definition) is 3. The molecule has 2 heterocycles. The molecule has 1 aliphatic heterocycles. The van der Waals surface area contributed by atoms with Crippen molar-refractivity contribution in [2.24, 2.45) is 0 Å². The van der Waals surface area contributed by atoms with E-state index >= 15 is 0 Å². The van der Waals surface area contributed by atoms with Gasteiger partial charge in [-0.25, -0.2) is 4.79 Å². The highest BCUT2D eigenvalue weighted by molar-refractivity contribution is 7.99. The average Bonchev–Trinajstić information content (AvgIpc) is 3.17. The third kappa shape index (κ3) is 3.64. The zero-order valence-electron chi connectivity index (χ0n) is 11.8. The minimum atomic E-state index is -4.35. The fourth-order valence-electron chi connectivity index (χ4n) is 2.32. The van der Waals surface area contributed by atoms with Crippen LogP contribution in [0.15, 0.2) is 41.8 Å². The molecule has 0 spiro atoms. The molecule has 3 nitrogen and oxygen atoms in total. The Kier molecular flexibility index (Phi) is 4.54. The van der Waals surface area contributed by atoms with E-state index in [9.17, 15) is 18.0 Å². The zero-order valence-corrected chi connectivity index (χ0v) is 13.5. The number of thioether (sulfide) groups is 1. The fraction of sp³-hybridized carbons (Fsp3) is 0.267. The highest BCUT2D eigenvalue weighted by Gasteiger charge is 2.33. The number of anilines is 1. The Bertz CT molecular complexity index is 671. The summed E-state index contributed by atoms with van der Waals surface area (Å²) in [7, 11) is 0. The number of hydrogen-bond donors (Lipinski definition) is 1. The molecule has 8 heteroatoms. The van der Waals surface area contributed by atoms with Gasteiger partial charge in [-0.2, -0.15) is 13.2 Å². The molecule has 122 valence electrons. The number of urea groups is 1. The highest BCUT2D eigenvalue weighted by atomic mass is 32.2. The van der Waals surface area contributed by atoms with Crippen LogP contribution in [0.2, 0.25) is 0 Å².